The highest BCUT2D eigenvalue weighted by Crippen LogP contribution is 2.29. The summed E-state index contributed by atoms with van der Waals surface area (Å²) in [6.45, 7) is 4.80. The van der Waals surface area contributed by atoms with Crippen molar-refractivity contribution in [3.8, 4) is 11.5 Å². The fourth-order valence-electron chi connectivity index (χ4n) is 2.44. The lowest BCUT2D eigenvalue weighted by Gasteiger charge is -2.22. The third kappa shape index (κ3) is 3.91. The molecule has 5 heteroatoms. The van der Waals surface area contributed by atoms with Crippen LogP contribution in [0, 0.1) is 6.92 Å². The summed E-state index contributed by atoms with van der Waals surface area (Å²) >= 11 is 0. The fraction of sp³-hybridized carbons (Fsp3) is 0.588. The number of carbonyl (C=O) groups excluding carboxylic acids is 1. The van der Waals surface area contributed by atoms with Crippen LogP contribution in [0.15, 0.2) is 12.1 Å². The van der Waals surface area contributed by atoms with Crippen LogP contribution >= 0.6 is 0 Å². The van der Waals surface area contributed by atoms with E-state index in [4.69, 9.17) is 9.47 Å². The molecule has 0 radical (unpaired) electrons. The van der Waals surface area contributed by atoms with E-state index in [0.717, 1.165) is 41.3 Å². The molecule has 122 valence electrons. The van der Waals surface area contributed by atoms with Gasteiger partial charge in [-0.3, -0.25) is 4.79 Å². The average molecular weight is 307 g/mol. The fourth-order valence-corrected chi connectivity index (χ4v) is 2.44. The van der Waals surface area contributed by atoms with E-state index in [2.05, 4.69) is 12.2 Å². The topological polar surface area (TPSA) is 52.0 Å². The van der Waals surface area contributed by atoms with Crippen LogP contribution in [0.25, 0.3) is 0 Å². The van der Waals surface area contributed by atoms with Gasteiger partial charge in [-0.1, -0.05) is 0 Å². The number of quaternary nitrogens is 1. The summed E-state index contributed by atoms with van der Waals surface area (Å²) in [6.07, 6.45) is 2.23. The number of aryl methyl sites for hydroxylation is 1. The molecule has 0 saturated heterocycles. The van der Waals surface area contributed by atoms with Crippen molar-refractivity contribution in [2.75, 3.05) is 21.3 Å². The molecule has 1 amide bonds. The lowest BCUT2D eigenvalue weighted by Crippen LogP contribution is -3.12. The van der Waals surface area contributed by atoms with Crippen LogP contribution in [0.1, 0.15) is 30.9 Å². The normalized spacial score (nSPS) is 16.8. The van der Waals surface area contributed by atoms with Crippen LogP contribution in [-0.2, 0) is 11.3 Å². The molecule has 2 atom stereocenters. The highest BCUT2D eigenvalue weighted by Gasteiger charge is 2.29. The van der Waals surface area contributed by atoms with Crippen molar-refractivity contribution in [1.29, 1.82) is 0 Å². The third-order valence-corrected chi connectivity index (χ3v) is 4.37. The Hall–Kier alpha value is -1.75. The van der Waals surface area contributed by atoms with E-state index in [1.165, 1.54) is 5.56 Å². The molecular weight excluding hydrogens is 280 g/mol. The second-order valence-electron chi connectivity index (χ2n) is 6.16. The first-order chi connectivity index (χ1) is 10.5. The largest absolute Gasteiger partial charge is 0.493 e. The van der Waals surface area contributed by atoms with E-state index in [-0.39, 0.29) is 11.9 Å². The minimum atomic E-state index is -0.0758. The van der Waals surface area contributed by atoms with Crippen molar-refractivity contribution in [2.45, 2.75) is 45.3 Å². The summed E-state index contributed by atoms with van der Waals surface area (Å²) in [5.41, 5.74) is 2.31. The first-order valence-electron chi connectivity index (χ1n) is 7.80. The zero-order chi connectivity index (χ0) is 16.3. The Balaban J connectivity index is 2.06. The number of benzene rings is 1. The number of hydrogen-bond acceptors (Lipinski definition) is 3. The number of methoxy groups -OCH3 is 2. The third-order valence-electron chi connectivity index (χ3n) is 4.37. The summed E-state index contributed by atoms with van der Waals surface area (Å²) in [5, 5.41) is 3.07. The van der Waals surface area contributed by atoms with E-state index in [1.54, 1.807) is 14.2 Å². The Labute approximate surface area is 132 Å². The van der Waals surface area contributed by atoms with Gasteiger partial charge in [-0.15, -0.1) is 0 Å². The molecule has 0 aliphatic heterocycles. The summed E-state index contributed by atoms with van der Waals surface area (Å²) in [5.74, 6) is 1.60. The van der Waals surface area contributed by atoms with E-state index in [9.17, 15) is 4.79 Å². The Morgan fingerprint density at radius 2 is 1.91 bits per heavy atom. The summed E-state index contributed by atoms with van der Waals surface area (Å²) in [4.78, 5) is 13.3. The molecule has 1 aromatic rings. The van der Waals surface area contributed by atoms with Crippen LogP contribution in [-0.4, -0.2) is 39.3 Å². The van der Waals surface area contributed by atoms with Gasteiger partial charge in [-0.2, -0.15) is 0 Å². The zero-order valence-corrected chi connectivity index (χ0v) is 14.2. The second-order valence-corrected chi connectivity index (χ2v) is 6.16. The second kappa shape index (κ2) is 7.01. The maximum absolute atomic E-state index is 12.2. The van der Waals surface area contributed by atoms with Gasteiger partial charge in [-0.25, -0.2) is 0 Å². The number of ether oxygens (including phenoxy) is 2. The smallest absolute Gasteiger partial charge is 0.278 e. The van der Waals surface area contributed by atoms with Gasteiger partial charge in [0.2, 0.25) is 0 Å². The van der Waals surface area contributed by atoms with Crippen molar-refractivity contribution < 1.29 is 19.2 Å². The standard InChI is InChI=1S/C17H26N2O3/c1-11-8-15(21-4)16(22-5)9-13(11)10-19(3)12(2)17(20)18-14-6-7-14/h8-9,12,14H,6-7,10H2,1-5H3,(H,18,20)/p+1/t12-/m1/s1. The molecule has 0 bridgehead atoms. The molecule has 22 heavy (non-hydrogen) atoms. The SMILES string of the molecule is COc1cc(C)c(C[NH+](C)[C@H](C)C(=O)NC2CC2)cc1OC. The summed E-state index contributed by atoms with van der Waals surface area (Å²) in [6, 6.07) is 4.32. The van der Waals surface area contributed by atoms with E-state index >= 15 is 0 Å². The van der Waals surface area contributed by atoms with Crippen molar-refractivity contribution in [2.24, 2.45) is 0 Å². The van der Waals surface area contributed by atoms with Gasteiger partial charge in [-0.05, 0) is 44.4 Å². The first kappa shape index (κ1) is 16.6. The number of likely N-dealkylation sites (N-methyl/N-ethyl adjacent to an activating group) is 1. The average Bonchev–Trinajstić information content (AvgIpc) is 3.31. The Bertz CT molecular complexity index is 541. The Kier molecular flexibility index (Phi) is 5.29. The minimum Gasteiger partial charge on any atom is -0.493 e. The van der Waals surface area contributed by atoms with Gasteiger partial charge in [0.15, 0.2) is 17.5 Å². The lowest BCUT2D eigenvalue weighted by molar-refractivity contribution is -0.908. The highest BCUT2D eigenvalue weighted by molar-refractivity contribution is 5.80. The first-order valence-corrected chi connectivity index (χ1v) is 7.80. The maximum atomic E-state index is 12.2. The molecule has 0 spiro atoms. The number of rotatable bonds is 7. The van der Waals surface area contributed by atoms with Crippen LogP contribution in [0.4, 0.5) is 0 Å². The Morgan fingerprint density at radius 3 is 2.45 bits per heavy atom. The monoisotopic (exact) mass is 307 g/mol. The van der Waals surface area contributed by atoms with Gasteiger partial charge >= 0.3 is 0 Å². The summed E-state index contributed by atoms with van der Waals surface area (Å²) < 4.78 is 10.7. The van der Waals surface area contributed by atoms with Crippen LogP contribution in [0.5, 0.6) is 11.5 Å². The number of carbonyl (C=O) groups is 1. The van der Waals surface area contributed by atoms with E-state index in [0.29, 0.717) is 6.04 Å². The van der Waals surface area contributed by atoms with Crippen molar-refractivity contribution in [1.82, 2.24) is 5.32 Å². The van der Waals surface area contributed by atoms with Crippen LogP contribution in [0.2, 0.25) is 0 Å². The predicted molar refractivity (Wildman–Crippen MR) is 85.5 cm³/mol. The molecule has 1 aromatic carbocycles. The molecule has 1 saturated carbocycles. The molecule has 2 N–H and O–H groups in total. The van der Waals surface area contributed by atoms with Gasteiger partial charge in [0.25, 0.3) is 5.91 Å². The molecule has 0 aromatic heterocycles. The molecule has 1 aliphatic carbocycles. The molecular formula is C17H27N2O3+. The molecule has 1 unspecified atom stereocenters. The highest BCUT2D eigenvalue weighted by atomic mass is 16.5. The van der Waals surface area contributed by atoms with Crippen LogP contribution < -0.4 is 19.7 Å². The van der Waals surface area contributed by atoms with Crippen molar-refractivity contribution in [3.63, 3.8) is 0 Å². The van der Waals surface area contributed by atoms with E-state index < -0.39 is 0 Å². The zero-order valence-electron chi connectivity index (χ0n) is 14.2. The minimum absolute atomic E-state index is 0.0758. The van der Waals surface area contributed by atoms with E-state index in [1.807, 2.05) is 26.1 Å². The molecule has 5 nitrogen and oxygen atoms in total. The number of nitrogens with one attached hydrogen (secondary N) is 2. The molecule has 2 rings (SSSR count). The van der Waals surface area contributed by atoms with Crippen LogP contribution in [0.3, 0.4) is 0 Å². The predicted octanol–water partition coefficient (Wildman–Crippen LogP) is 0.694. The maximum Gasteiger partial charge on any atom is 0.278 e. The number of amides is 1. The summed E-state index contributed by atoms with van der Waals surface area (Å²) in [7, 11) is 5.32. The van der Waals surface area contributed by atoms with Crippen molar-refractivity contribution >= 4 is 5.91 Å². The van der Waals surface area contributed by atoms with Gasteiger partial charge in [0.1, 0.15) is 6.54 Å². The van der Waals surface area contributed by atoms with Crippen molar-refractivity contribution in [3.05, 3.63) is 23.3 Å². The molecule has 1 fully saturated rings. The molecule has 0 heterocycles. The van der Waals surface area contributed by atoms with Gasteiger partial charge < -0.3 is 19.7 Å². The molecule has 1 aliphatic rings. The Morgan fingerprint density at radius 1 is 1.32 bits per heavy atom. The number of hydrogen-bond donors (Lipinski definition) is 2. The lowest BCUT2D eigenvalue weighted by atomic mass is 10.1. The van der Waals surface area contributed by atoms with Gasteiger partial charge in [0, 0.05) is 11.6 Å². The quantitative estimate of drug-likeness (QED) is 0.779. The van der Waals surface area contributed by atoms with Gasteiger partial charge in [0.05, 0.1) is 21.3 Å².